The van der Waals surface area contributed by atoms with Gasteiger partial charge in [-0.25, -0.2) is 0 Å². The third-order valence-electron chi connectivity index (χ3n) is 4.96. The number of aliphatic imine (C=N–C) groups is 1. The molecule has 1 atom stereocenters. The molecule has 3 rings (SSSR count). The van der Waals surface area contributed by atoms with Gasteiger partial charge in [-0.15, -0.1) is 24.0 Å². The molecule has 0 radical (unpaired) electrons. The Hall–Kier alpha value is -0.820. The summed E-state index contributed by atoms with van der Waals surface area (Å²) in [4.78, 5) is 4.60. The summed E-state index contributed by atoms with van der Waals surface area (Å²) in [5.41, 5.74) is 7.74. The molecular weight excluding hydrogens is 401 g/mol. The molecule has 1 saturated heterocycles. The van der Waals surface area contributed by atoms with E-state index in [9.17, 15) is 0 Å². The Bertz CT molecular complexity index is 496. The summed E-state index contributed by atoms with van der Waals surface area (Å²) < 4.78 is 5.59. The van der Waals surface area contributed by atoms with Crippen LogP contribution in [0.3, 0.4) is 0 Å². The average molecular weight is 429 g/mol. The van der Waals surface area contributed by atoms with Crippen molar-refractivity contribution in [1.82, 2.24) is 5.32 Å². The molecule has 4 nitrogen and oxygen atoms in total. The first-order valence-electron chi connectivity index (χ1n) is 8.45. The normalized spacial score (nSPS) is 23.0. The summed E-state index contributed by atoms with van der Waals surface area (Å²) in [6.07, 6.45) is 7.51. The SMILES string of the molecule is I.NC(=NCC1(Cc2ccccc2)CCC1)NCC1CCCO1. The van der Waals surface area contributed by atoms with Crippen LogP contribution in [0.5, 0.6) is 0 Å². The second kappa shape index (κ2) is 8.87. The zero-order valence-electron chi connectivity index (χ0n) is 13.7. The number of rotatable bonds is 6. The van der Waals surface area contributed by atoms with E-state index in [2.05, 4.69) is 40.6 Å². The molecule has 0 aromatic heterocycles. The van der Waals surface area contributed by atoms with E-state index in [1.165, 1.54) is 24.8 Å². The van der Waals surface area contributed by atoms with Crippen LogP contribution in [-0.4, -0.2) is 31.8 Å². The minimum absolute atomic E-state index is 0. The van der Waals surface area contributed by atoms with Crippen LogP contribution in [0.1, 0.15) is 37.7 Å². The second-order valence-corrected chi connectivity index (χ2v) is 6.73. The Balaban J connectivity index is 0.00000192. The zero-order chi connectivity index (χ0) is 15.3. The van der Waals surface area contributed by atoms with Crippen LogP contribution < -0.4 is 11.1 Å². The lowest BCUT2D eigenvalue weighted by Crippen LogP contribution is -2.40. The van der Waals surface area contributed by atoms with E-state index in [-0.39, 0.29) is 24.0 Å². The van der Waals surface area contributed by atoms with Crippen LogP contribution in [0.2, 0.25) is 0 Å². The highest BCUT2D eigenvalue weighted by molar-refractivity contribution is 14.0. The highest BCUT2D eigenvalue weighted by Gasteiger charge is 2.36. The minimum atomic E-state index is 0. The molecule has 0 spiro atoms. The van der Waals surface area contributed by atoms with E-state index in [1.807, 2.05) is 0 Å². The average Bonchev–Trinajstić information content (AvgIpc) is 3.02. The number of guanidine groups is 1. The molecule has 0 amide bonds. The molecule has 23 heavy (non-hydrogen) atoms. The van der Waals surface area contributed by atoms with Gasteiger partial charge in [-0.05, 0) is 43.1 Å². The van der Waals surface area contributed by atoms with E-state index < -0.39 is 0 Å². The maximum absolute atomic E-state index is 6.01. The lowest BCUT2D eigenvalue weighted by atomic mass is 9.65. The molecule has 1 aliphatic heterocycles. The fraction of sp³-hybridized carbons (Fsp3) is 0.611. The molecule has 0 bridgehead atoms. The highest BCUT2D eigenvalue weighted by Crippen LogP contribution is 2.43. The van der Waals surface area contributed by atoms with Gasteiger partial charge in [0.25, 0.3) is 0 Å². The highest BCUT2D eigenvalue weighted by atomic mass is 127. The van der Waals surface area contributed by atoms with Gasteiger partial charge in [-0.2, -0.15) is 0 Å². The van der Waals surface area contributed by atoms with Crippen LogP contribution in [0.4, 0.5) is 0 Å². The fourth-order valence-electron chi connectivity index (χ4n) is 3.43. The van der Waals surface area contributed by atoms with Crippen LogP contribution >= 0.6 is 24.0 Å². The molecule has 3 N–H and O–H groups in total. The van der Waals surface area contributed by atoms with Gasteiger partial charge in [-0.3, -0.25) is 4.99 Å². The lowest BCUT2D eigenvalue weighted by molar-refractivity contribution is 0.113. The zero-order valence-corrected chi connectivity index (χ0v) is 16.0. The first-order chi connectivity index (χ1) is 10.8. The van der Waals surface area contributed by atoms with Crippen molar-refractivity contribution in [3.05, 3.63) is 35.9 Å². The minimum Gasteiger partial charge on any atom is -0.376 e. The predicted octanol–water partition coefficient (Wildman–Crippen LogP) is 3.10. The van der Waals surface area contributed by atoms with Crippen molar-refractivity contribution in [3.63, 3.8) is 0 Å². The van der Waals surface area contributed by atoms with Gasteiger partial charge in [0.1, 0.15) is 0 Å². The maximum atomic E-state index is 6.01. The summed E-state index contributed by atoms with van der Waals surface area (Å²) in [5, 5.41) is 3.21. The van der Waals surface area contributed by atoms with Gasteiger partial charge in [0.15, 0.2) is 5.96 Å². The molecule has 2 aliphatic rings. The quantitative estimate of drug-likeness (QED) is 0.415. The van der Waals surface area contributed by atoms with Crippen LogP contribution in [0, 0.1) is 5.41 Å². The van der Waals surface area contributed by atoms with Gasteiger partial charge in [0.2, 0.25) is 0 Å². The molecule has 128 valence electrons. The predicted molar refractivity (Wildman–Crippen MR) is 105 cm³/mol. The Kier molecular flexibility index (Phi) is 7.14. The Morgan fingerprint density at radius 2 is 2.04 bits per heavy atom. The van der Waals surface area contributed by atoms with Gasteiger partial charge < -0.3 is 15.8 Å². The Morgan fingerprint density at radius 3 is 2.65 bits per heavy atom. The molecule has 1 unspecified atom stereocenters. The summed E-state index contributed by atoms with van der Waals surface area (Å²) in [7, 11) is 0. The second-order valence-electron chi connectivity index (χ2n) is 6.73. The molecule has 1 aromatic rings. The number of nitrogens with two attached hydrogens (primary N) is 1. The Labute approximate surface area is 156 Å². The van der Waals surface area contributed by atoms with Crippen molar-refractivity contribution >= 4 is 29.9 Å². The summed E-state index contributed by atoms with van der Waals surface area (Å²) in [6.45, 7) is 2.48. The first-order valence-corrected chi connectivity index (χ1v) is 8.45. The summed E-state index contributed by atoms with van der Waals surface area (Å²) in [5.74, 6) is 0.565. The molecule has 5 heteroatoms. The van der Waals surface area contributed by atoms with Crippen molar-refractivity contribution < 1.29 is 4.74 Å². The van der Waals surface area contributed by atoms with Crippen LogP contribution in [-0.2, 0) is 11.2 Å². The third kappa shape index (κ3) is 5.35. The van der Waals surface area contributed by atoms with Crippen molar-refractivity contribution in [1.29, 1.82) is 0 Å². The fourth-order valence-corrected chi connectivity index (χ4v) is 3.43. The lowest BCUT2D eigenvalue weighted by Gasteiger charge is -2.41. The van der Waals surface area contributed by atoms with Crippen LogP contribution in [0.25, 0.3) is 0 Å². The number of halogens is 1. The van der Waals surface area contributed by atoms with Crippen LogP contribution in [0.15, 0.2) is 35.3 Å². The van der Waals surface area contributed by atoms with E-state index in [0.717, 1.165) is 39.0 Å². The van der Waals surface area contributed by atoms with E-state index in [0.29, 0.717) is 17.5 Å². The molecule has 1 aromatic carbocycles. The maximum Gasteiger partial charge on any atom is 0.188 e. The largest absolute Gasteiger partial charge is 0.376 e. The number of nitrogens with one attached hydrogen (secondary N) is 1. The smallest absolute Gasteiger partial charge is 0.188 e. The van der Waals surface area contributed by atoms with Gasteiger partial charge in [0, 0.05) is 19.7 Å². The monoisotopic (exact) mass is 429 g/mol. The standard InChI is InChI=1S/C18H27N3O.HI/c19-17(20-13-16-8-4-11-22-16)21-14-18(9-5-10-18)12-15-6-2-1-3-7-15;/h1-3,6-7,16H,4-5,8-14H2,(H3,19,20,21);1H. The van der Waals surface area contributed by atoms with Gasteiger partial charge in [0.05, 0.1) is 6.10 Å². The van der Waals surface area contributed by atoms with Crippen molar-refractivity contribution in [3.8, 4) is 0 Å². The topological polar surface area (TPSA) is 59.6 Å². The molecular formula is C18H28IN3O. The number of hydrogen-bond acceptors (Lipinski definition) is 2. The molecule has 1 saturated carbocycles. The van der Waals surface area contributed by atoms with E-state index >= 15 is 0 Å². The van der Waals surface area contributed by atoms with Crippen molar-refractivity contribution in [2.24, 2.45) is 16.1 Å². The molecule has 1 heterocycles. The molecule has 1 aliphatic carbocycles. The number of nitrogens with zero attached hydrogens (tertiary/aromatic N) is 1. The summed E-state index contributed by atoms with van der Waals surface area (Å²) >= 11 is 0. The van der Waals surface area contributed by atoms with E-state index in [1.54, 1.807) is 0 Å². The van der Waals surface area contributed by atoms with Gasteiger partial charge >= 0.3 is 0 Å². The van der Waals surface area contributed by atoms with Crippen molar-refractivity contribution in [2.45, 2.75) is 44.6 Å². The van der Waals surface area contributed by atoms with Crippen molar-refractivity contribution in [2.75, 3.05) is 19.7 Å². The number of hydrogen-bond donors (Lipinski definition) is 2. The summed E-state index contributed by atoms with van der Waals surface area (Å²) in [6, 6.07) is 10.7. The van der Waals surface area contributed by atoms with E-state index in [4.69, 9.17) is 10.5 Å². The third-order valence-corrected chi connectivity index (χ3v) is 4.96. The number of benzene rings is 1. The van der Waals surface area contributed by atoms with Gasteiger partial charge in [-0.1, -0.05) is 36.8 Å². The first kappa shape index (κ1) is 18.5. The molecule has 2 fully saturated rings. The Morgan fingerprint density at radius 1 is 1.26 bits per heavy atom. The number of ether oxygens (including phenoxy) is 1.